The number of halogens is 1. The molecule has 2 aromatic rings. The molecule has 0 spiro atoms. The molecule has 3 nitrogen and oxygen atoms in total. The van der Waals surface area contributed by atoms with Crippen LogP contribution in [-0.2, 0) is 13.0 Å². The molecule has 0 saturated heterocycles. The number of benzene rings is 2. The summed E-state index contributed by atoms with van der Waals surface area (Å²) in [6.07, 6.45) is 0.757. The predicted molar refractivity (Wildman–Crippen MR) is 81.5 cm³/mol. The minimum Gasteiger partial charge on any atom is -0.497 e. The van der Waals surface area contributed by atoms with E-state index in [2.05, 4.69) is 0 Å². The molecule has 0 saturated carbocycles. The Morgan fingerprint density at radius 2 is 1.85 bits per heavy atom. The zero-order valence-corrected chi connectivity index (χ0v) is 12.2. The van der Waals surface area contributed by atoms with Crippen molar-refractivity contribution in [1.82, 2.24) is 0 Å². The second-order valence-corrected chi connectivity index (χ2v) is 4.86. The van der Waals surface area contributed by atoms with Crippen LogP contribution in [0, 0.1) is 0 Å². The van der Waals surface area contributed by atoms with Crippen molar-refractivity contribution in [3.8, 4) is 11.5 Å². The Morgan fingerprint density at radius 3 is 2.50 bits per heavy atom. The topological polar surface area (TPSA) is 44.5 Å². The highest BCUT2D eigenvalue weighted by atomic mass is 35.5. The fourth-order valence-corrected chi connectivity index (χ4v) is 2.04. The Bertz CT molecular complexity index is 555. The molecular formula is C16H18ClNO2. The lowest BCUT2D eigenvalue weighted by Crippen LogP contribution is -2.06. The molecule has 2 aromatic carbocycles. The molecule has 0 unspecified atom stereocenters. The van der Waals surface area contributed by atoms with E-state index in [1.807, 2.05) is 42.5 Å². The molecule has 0 amide bonds. The Morgan fingerprint density at radius 1 is 1.10 bits per heavy atom. The van der Waals surface area contributed by atoms with Crippen LogP contribution in [-0.4, -0.2) is 13.7 Å². The van der Waals surface area contributed by atoms with E-state index in [1.54, 1.807) is 7.11 Å². The largest absolute Gasteiger partial charge is 0.497 e. The molecular weight excluding hydrogens is 274 g/mol. The molecule has 0 heterocycles. The molecule has 0 radical (unpaired) electrons. The molecule has 4 heteroatoms. The first-order valence-electron chi connectivity index (χ1n) is 6.47. The van der Waals surface area contributed by atoms with E-state index in [9.17, 15) is 0 Å². The summed E-state index contributed by atoms with van der Waals surface area (Å²) in [5.41, 5.74) is 7.76. The molecule has 0 aliphatic heterocycles. The van der Waals surface area contributed by atoms with Crippen molar-refractivity contribution < 1.29 is 9.47 Å². The summed E-state index contributed by atoms with van der Waals surface area (Å²) in [4.78, 5) is 0. The van der Waals surface area contributed by atoms with E-state index in [0.717, 1.165) is 34.1 Å². The van der Waals surface area contributed by atoms with E-state index < -0.39 is 0 Å². The Labute approximate surface area is 124 Å². The molecule has 0 aliphatic carbocycles. The zero-order valence-electron chi connectivity index (χ0n) is 11.4. The summed E-state index contributed by atoms with van der Waals surface area (Å²) in [5.74, 6) is 1.65. The second kappa shape index (κ2) is 7.17. The summed E-state index contributed by atoms with van der Waals surface area (Å²) in [7, 11) is 1.65. The van der Waals surface area contributed by atoms with Crippen molar-refractivity contribution >= 4 is 11.6 Å². The summed E-state index contributed by atoms with van der Waals surface area (Å²) in [6.45, 7) is 1.07. The van der Waals surface area contributed by atoms with Crippen LogP contribution < -0.4 is 15.2 Å². The van der Waals surface area contributed by atoms with Crippen molar-refractivity contribution in [3.63, 3.8) is 0 Å². The maximum absolute atomic E-state index is 5.86. The van der Waals surface area contributed by atoms with Crippen molar-refractivity contribution in [2.45, 2.75) is 13.0 Å². The van der Waals surface area contributed by atoms with Crippen molar-refractivity contribution in [2.24, 2.45) is 5.73 Å². The van der Waals surface area contributed by atoms with Crippen LogP contribution in [0.25, 0.3) is 0 Å². The van der Waals surface area contributed by atoms with Gasteiger partial charge in [-0.1, -0.05) is 23.7 Å². The van der Waals surface area contributed by atoms with E-state index in [1.165, 1.54) is 0 Å². The molecule has 2 rings (SSSR count). The molecule has 106 valence electrons. The molecule has 0 bridgehead atoms. The first-order valence-corrected chi connectivity index (χ1v) is 6.85. The van der Waals surface area contributed by atoms with Crippen LogP contribution in [0.1, 0.15) is 11.1 Å². The van der Waals surface area contributed by atoms with Crippen molar-refractivity contribution in [2.75, 3.05) is 13.7 Å². The maximum Gasteiger partial charge on any atom is 0.123 e. The van der Waals surface area contributed by atoms with Crippen molar-refractivity contribution in [1.29, 1.82) is 0 Å². The van der Waals surface area contributed by atoms with E-state index in [-0.39, 0.29) is 0 Å². The second-order valence-electron chi connectivity index (χ2n) is 4.43. The van der Waals surface area contributed by atoms with Gasteiger partial charge in [-0.25, -0.2) is 0 Å². The summed E-state index contributed by atoms with van der Waals surface area (Å²) >= 11 is 5.86. The van der Waals surface area contributed by atoms with E-state index in [4.69, 9.17) is 26.8 Å². The molecule has 0 aromatic heterocycles. The smallest absolute Gasteiger partial charge is 0.123 e. The number of ether oxygens (including phenoxy) is 2. The maximum atomic E-state index is 5.86. The summed E-state index contributed by atoms with van der Waals surface area (Å²) in [5, 5.41) is 0.724. The number of nitrogens with two attached hydrogens (primary N) is 1. The van der Waals surface area contributed by atoms with Gasteiger partial charge in [0.25, 0.3) is 0 Å². The van der Waals surface area contributed by atoms with Gasteiger partial charge >= 0.3 is 0 Å². The average molecular weight is 292 g/mol. The lowest BCUT2D eigenvalue weighted by molar-refractivity contribution is 0.302. The fraction of sp³-hybridized carbons (Fsp3) is 0.250. The molecule has 2 N–H and O–H groups in total. The normalized spacial score (nSPS) is 10.3. The highest BCUT2D eigenvalue weighted by Gasteiger charge is 2.06. The van der Waals surface area contributed by atoms with Crippen LogP contribution in [0.5, 0.6) is 11.5 Å². The zero-order chi connectivity index (χ0) is 14.4. The first kappa shape index (κ1) is 14.7. The van der Waals surface area contributed by atoms with Gasteiger partial charge in [-0.3, -0.25) is 0 Å². The van der Waals surface area contributed by atoms with E-state index >= 15 is 0 Å². The SMILES string of the molecule is COc1ccc(OCc2ccc(Cl)cc2)c(CCN)c1. The Kier molecular flexibility index (Phi) is 5.27. The number of hydrogen-bond acceptors (Lipinski definition) is 3. The molecule has 0 aliphatic rings. The highest BCUT2D eigenvalue weighted by Crippen LogP contribution is 2.25. The summed E-state index contributed by atoms with van der Waals surface area (Å²) < 4.78 is 11.1. The van der Waals surface area contributed by atoms with Crippen LogP contribution in [0.15, 0.2) is 42.5 Å². The van der Waals surface area contributed by atoms with Gasteiger partial charge in [0.05, 0.1) is 7.11 Å². The highest BCUT2D eigenvalue weighted by molar-refractivity contribution is 6.30. The minimum atomic E-state index is 0.501. The number of methoxy groups -OCH3 is 1. The third-order valence-electron chi connectivity index (χ3n) is 2.99. The quantitative estimate of drug-likeness (QED) is 0.887. The van der Waals surface area contributed by atoms with Gasteiger partial charge in [-0.05, 0) is 54.4 Å². The van der Waals surface area contributed by atoms with Crippen LogP contribution in [0.3, 0.4) is 0 Å². The van der Waals surface area contributed by atoms with Gasteiger partial charge in [0.1, 0.15) is 18.1 Å². The van der Waals surface area contributed by atoms with Gasteiger partial charge in [-0.15, -0.1) is 0 Å². The monoisotopic (exact) mass is 291 g/mol. The molecule has 0 fully saturated rings. The molecule has 20 heavy (non-hydrogen) atoms. The van der Waals surface area contributed by atoms with Gasteiger partial charge in [0.2, 0.25) is 0 Å². The third kappa shape index (κ3) is 3.89. The standard InChI is InChI=1S/C16H18ClNO2/c1-19-15-6-7-16(13(10-15)8-9-18)20-11-12-2-4-14(17)5-3-12/h2-7,10H,8-9,11,18H2,1H3. The Hall–Kier alpha value is -1.71. The first-order chi connectivity index (χ1) is 9.72. The van der Waals surface area contributed by atoms with E-state index in [0.29, 0.717) is 13.2 Å². The lowest BCUT2D eigenvalue weighted by Gasteiger charge is -2.12. The van der Waals surface area contributed by atoms with Gasteiger partial charge in [-0.2, -0.15) is 0 Å². The average Bonchev–Trinajstić information content (AvgIpc) is 2.48. The molecule has 0 atom stereocenters. The van der Waals surface area contributed by atoms with Crippen LogP contribution >= 0.6 is 11.6 Å². The lowest BCUT2D eigenvalue weighted by atomic mass is 10.1. The van der Waals surface area contributed by atoms with Crippen molar-refractivity contribution in [3.05, 3.63) is 58.6 Å². The number of rotatable bonds is 6. The van der Waals surface area contributed by atoms with Gasteiger partial charge in [0, 0.05) is 5.02 Å². The summed E-state index contributed by atoms with van der Waals surface area (Å²) in [6, 6.07) is 13.4. The third-order valence-corrected chi connectivity index (χ3v) is 3.24. The number of hydrogen-bond donors (Lipinski definition) is 1. The fourth-order valence-electron chi connectivity index (χ4n) is 1.92. The van der Waals surface area contributed by atoms with Gasteiger partial charge < -0.3 is 15.2 Å². The van der Waals surface area contributed by atoms with Crippen LogP contribution in [0.4, 0.5) is 0 Å². The minimum absolute atomic E-state index is 0.501. The predicted octanol–water partition coefficient (Wildman–Crippen LogP) is 3.43. The Balaban J connectivity index is 2.09. The van der Waals surface area contributed by atoms with Crippen LogP contribution in [0.2, 0.25) is 5.02 Å². The van der Waals surface area contributed by atoms with Gasteiger partial charge in [0.15, 0.2) is 0 Å².